The number of carbonyl (C=O) groups excluding carboxylic acids is 1. The topological polar surface area (TPSA) is 64.1 Å². The highest BCUT2D eigenvalue weighted by Crippen LogP contribution is 2.26. The Hall–Kier alpha value is -2.95. The number of esters is 1. The number of benzene rings is 2. The molecule has 3 rings (SSSR count). The summed E-state index contributed by atoms with van der Waals surface area (Å²) >= 11 is 0. The van der Waals surface area contributed by atoms with Crippen molar-refractivity contribution in [3.63, 3.8) is 0 Å². The molecule has 0 bridgehead atoms. The van der Waals surface area contributed by atoms with Crippen molar-refractivity contribution in [3.8, 4) is 0 Å². The molecule has 0 spiro atoms. The number of rotatable bonds is 4. The first-order chi connectivity index (χ1) is 11.6. The van der Waals surface area contributed by atoms with Crippen LogP contribution in [0, 0.1) is 13.8 Å². The van der Waals surface area contributed by atoms with Crippen LogP contribution in [-0.4, -0.2) is 22.5 Å². The molecule has 0 unspecified atom stereocenters. The van der Waals surface area contributed by atoms with Crippen molar-refractivity contribution in [3.05, 3.63) is 59.4 Å². The lowest BCUT2D eigenvalue weighted by molar-refractivity contribution is 0.0512. The Kier molecular flexibility index (Phi) is 4.42. The number of nitrogens with zero attached hydrogens (tertiary/aromatic N) is 2. The van der Waals surface area contributed by atoms with Gasteiger partial charge >= 0.3 is 5.97 Å². The van der Waals surface area contributed by atoms with E-state index in [0.29, 0.717) is 11.3 Å². The van der Waals surface area contributed by atoms with Crippen LogP contribution in [0.15, 0.2) is 42.5 Å². The van der Waals surface area contributed by atoms with Crippen molar-refractivity contribution in [2.75, 3.05) is 11.9 Å². The molecule has 2 aromatic carbocycles. The van der Waals surface area contributed by atoms with Gasteiger partial charge in [-0.25, -0.2) is 14.8 Å². The second kappa shape index (κ2) is 6.66. The third kappa shape index (κ3) is 3.20. The molecule has 122 valence electrons. The maximum atomic E-state index is 12.0. The van der Waals surface area contributed by atoms with Crippen molar-refractivity contribution in [2.45, 2.75) is 20.8 Å². The normalized spacial score (nSPS) is 10.6. The maximum Gasteiger partial charge on any atom is 0.376 e. The summed E-state index contributed by atoms with van der Waals surface area (Å²) in [6.45, 7) is 6.10. The molecule has 0 saturated heterocycles. The highest BCUT2D eigenvalue weighted by atomic mass is 16.5. The molecule has 3 aromatic rings. The molecule has 0 fully saturated rings. The van der Waals surface area contributed by atoms with E-state index < -0.39 is 5.97 Å². The predicted molar refractivity (Wildman–Crippen MR) is 94.7 cm³/mol. The zero-order chi connectivity index (χ0) is 17.1. The fourth-order valence-electron chi connectivity index (χ4n) is 2.46. The van der Waals surface area contributed by atoms with E-state index in [-0.39, 0.29) is 12.4 Å². The van der Waals surface area contributed by atoms with Crippen LogP contribution in [0.2, 0.25) is 0 Å². The summed E-state index contributed by atoms with van der Waals surface area (Å²) < 4.78 is 5.03. The summed E-state index contributed by atoms with van der Waals surface area (Å²) in [5, 5.41) is 4.19. The highest BCUT2D eigenvalue weighted by Gasteiger charge is 2.15. The highest BCUT2D eigenvalue weighted by molar-refractivity contribution is 5.95. The lowest BCUT2D eigenvalue weighted by Gasteiger charge is -2.13. The Balaban J connectivity index is 2.11. The molecule has 1 aromatic heterocycles. The number of para-hydroxylation sites is 1. The van der Waals surface area contributed by atoms with Crippen LogP contribution in [0.25, 0.3) is 10.9 Å². The average molecular weight is 321 g/mol. The van der Waals surface area contributed by atoms with Crippen LogP contribution in [-0.2, 0) is 4.74 Å². The summed E-state index contributed by atoms with van der Waals surface area (Å²) in [4.78, 5) is 20.7. The quantitative estimate of drug-likeness (QED) is 0.731. The first-order valence-electron chi connectivity index (χ1n) is 7.86. The van der Waals surface area contributed by atoms with Crippen molar-refractivity contribution in [1.29, 1.82) is 0 Å². The molecule has 5 heteroatoms. The number of anilines is 2. The second-order valence-electron chi connectivity index (χ2n) is 5.58. The molecule has 0 aliphatic rings. The minimum atomic E-state index is -0.521. The molecule has 24 heavy (non-hydrogen) atoms. The van der Waals surface area contributed by atoms with E-state index in [4.69, 9.17) is 4.74 Å². The van der Waals surface area contributed by atoms with Gasteiger partial charge < -0.3 is 10.1 Å². The third-order valence-corrected chi connectivity index (χ3v) is 3.71. The Labute approximate surface area is 140 Å². The molecule has 1 heterocycles. The fourth-order valence-corrected chi connectivity index (χ4v) is 2.46. The standard InChI is InChI=1S/C19H19N3O2/c1-4-24-19(23)18-20-15-8-6-5-7-14(15)17(22-18)21-16-11-12(2)9-10-13(16)3/h5-11H,4H2,1-3H3,(H,20,21,22). The van der Waals surface area contributed by atoms with E-state index in [0.717, 1.165) is 22.2 Å². The number of carbonyl (C=O) groups is 1. The van der Waals surface area contributed by atoms with Crippen molar-refractivity contribution < 1.29 is 9.53 Å². The molecule has 0 aliphatic carbocycles. The smallest absolute Gasteiger partial charge is 0.376 e. The Morgan fingerprint density at radius 3 is 2.71 bits per heavy atom. The monoisotopic (exact) mass is 321 g/mol. The molecule has 0 amide bonds. The van der Waals surface area contributed by atoms with Gasteiger partial charge in [-0.15, -0.1) is 0 Å². The minimum absolute atomic E-state index is 0.0587. The van der Waals surface area contributed by atoms with Crippen LogP contribution in [0.3, 0.4) is 0 Å². The zero-order valence-corrected chi connectivity index (χ0v) is 14.0. The van der Waals surface area contributed by atoms with Gasteiger partial charge in [0.05, 0.1) is 12.1 Å². The van der Waals surface area contributed by atoms with Gasteiger partial charge in [0.2, 0.25) is 5.82 Å². The first-order valence-corrected chi connectivity index (χ1v) is 7.86. The Morgan fingerprint density at radius 2 is 1.92 bits per heavy atom. The van der Waals surface area contributed by atoms with Gasteiger partial charge in [0.1, 0.15) is 5.82 Å². The first kappa shape index (κ1) is 15.9. The largest absolute Gasteiger partial charge is 0.460 e. The summed E-state index contributed by atoms with van der Waals surface area (Å²) in [6.07, 6.45) is 0. The van der Waals surface area contributed by atoms with Crippen molar-refractivity contribution in [1.82, 2.24) is 9.97 Å². The number of nitrogens with one attached hydrogen (secondary N) is 1. The van der Waals surface area contributed by atoms with Crippen molar-refractivity contribution >= 4 is 28.4 Å². The summed E-state index contributed by atoms with van der Waals surface area (Å²) in [5.41, 5.74) is 3.89. The molecule has 0 radical (unpaired) electrons. The van der Waals surface area contributed by atoms with Crippen LogP contribution >= 0.6 is 0 Å². The predicted octanol–water partition coefficient (Wildman–Crippen LogP) is 4.17. The number of hydrogen-bond acceptors (Lipinski definition) is 5. The number of ether oxygens (including phenoxy) is 1. The SMILES string of the molecule is CCOC(=O)c1nc(Nc2cc(C)ccc2C)c2ccccc2n1. The Bertz CT molecular complexity index is 906. The molecule has 0 atom stereocenters. The average Bonchev–Trinajstić information content (AvgIpc) is 2.58. The van der Waals surface area contributed by atoms with E-state index in [1.807, 2.05) is 44.2 Å². The van der Waals surface area contributed by atoms with E-state index >= 15 is 0 Å². The maximum absolute atomic E-state index is 12.0. The molecule has 1 N–H and O–H groups in total. The molecule has 0 saturated carbocycles. The fraction of sp³-hybridized carbons (Fsp3) is 0.211. The van der Waals surface area contributed by atoms with Gasteiger partial charge in [0, 0.05) is 11.1 Å². The van der Waals surface area contributed by atoms with Crippen LogP contribution < -0.4 is 5.32 Å². The van der Waals surface area contributed by atoms with Crippen LogP contribution in [0.4, 0.5) is 11.5 Å². The summed E-state index contributed by atoms with van der Waals surface area (Å²) in [6, 6.07) is 13.7. The molecular weight excluding hydrogens is 302 g/mol. The van der Waals surface area contributed by atoms with Gasteiger partial charge in [-0.1, -0.05) is 24.3 Å². The van der Waals surface area contributed by atoms with E-state index in [1.165, 1.54) is 0 Å². The van der Waals surface area contributed by atoms with Crippen LogP contribution in [0.1, 0.15) is 28.7 Å². The number of aryl methyl sites for hydroxylation is 2. The number of fused-ring (bicyclic) bond motifs is 1. The van der Waals surface area contributed by atoms with Crippen molar-refractivity contribution in [2.24, 2.45) is 0 Å². The summed E-state index contributed by atoms with van der Waals surface area (Å²) in [7, 11) is 0. The zero-order valence-electron chi connectivity index (χ0n) is 14.0. The minimum Gasteiger partial charge on any atom is -0.460 e. The van der Waals surface area contributed by atoms with Gasteiger partial charge in [-0.3, -0.25) is 0 Å². The van der Waals surface area contributed by atoms with E-state index in [2.05, 4.69) is 27.4 Å². The molecule has 0 aliphatic heterocycles. The van der Waals surface area contributed by atoms with Crippen LogP contribution in [0.5, 0.6) is 0 Å². The summed E-state index contributed by atoms with van der Waals surface area (Å²) in [5.74, 6) is 0.132. The second-order valence-corrected chi connectivity index (χ2v) is 5.58. The Morgan fingerprint density at radius 1 is 1.12 bits per heavy atom. The van der Waals surface area contributed by atoms with E-state index in [9.17, 15) is 4.79 Å². The third-order valence-electron chi connectivity index (χ3n) is 3.71. The number of hydrogen-bond donors (Lipinski definition) is 1. The van der Waals surface area contributed by atoms with Gasteiger partial charge in [-0.05, 0) is 50.1 Å². The van der Waals surface area contributed by atoms with Gasteiger partial charge in [0.15, 0.2) is 0 Å². The van der Waals surface area contributed by atoms with Gasteiger partial charge in [-0.2, -0.15) is 0 Å². The lowest BCUT2D eigenvalue weighted by atomic mass is 10.1. The van der Waals surface area contributed by atoms with E-state index in [1.54, 1.807) is 6.92 Å². The van der Waals surface area contributed by atoms with Gasteiger partial charge in [0.25, 0.3) is 0 Å². The molecular formula is C19H19N3O2. The molecule has 5 nitrogen and oxygen atoms in total. The lowest BCUT2D eigenvalue weighted by Crippen LogP contribution is -2.11. The number of aromatic nitrogens is 2.